The first kappa shape index (κ1) is 7.12. The molecule has 1 rings (SSSR count). The molecule has 3 nitrogen and oxygen atoms in total. The molecule has 0 fully saturated rings. The highest BCUT2D eigenvalue weighted by Crippen LogP contribution is 2.24. The molecule has 0 spiro atoms. The van der Waals surface area contributed by atoms with Gasteiger partial charge in [0.1, 0.15) is 5.76 Å². The topological polar surface area (TPSA) is 46.3 Å². The number of rotatable bonds is 0. The fraction of sp³-hybridized carbons (Fsp3) is 0.571. The van der Waals surface area contributed by atoms with Gasteiger partial charge in [-0.05, 0) is 5.16 Å². The molecule has 0 amide bonds. The molecule has 0 aliphatic carbocycles. The first-order valence-electron chi connectivity index (χ1n) is 3.16. The van der Waals surface area contributed by atoms with Gasteiger partial charge in [-0.1, -0.05) is 20.8 Å². The first-order chi connectivity index (χ1) is 4.50. The standard InChI is InChI=1S/C7H11NO2/c1-7(2,3)5-4-6(9)8-10-5/h4H,1-3H3,(H,8,9). The van der Waals surface area contributed by atoms with Crippen LogP contribution in [-0.2, 0) is 5.41 Å². The molecule has 1 aromatic heterocycles. The normalized spacial score (nSPS) is 11.9. The summed E-state index contributed by atoms with van der Waals surface area (Å²) in [6.07, 6.45) is 0. The predicted octanol–water partition coefficient (Wildman–Crippen LogP) is 1.68. The molecule has 0 aliphatic heterocycles. The van der Waals surface area contributed by atoms with E-state index in [1.165, 1.54) is 6.07 Å². The third-order valence-corrected chi connectivity index (χ3v) is 1.24. The first-order valence-corrected chi connectivity index (χ1v) is 3.16. The smallest absolute Gasteiger partial charge is 0.251 e. The van der Waals surface area contributed by atoms with Crippen molar-refractivity contribution < 1.29 is 9.63 Å². The van der Waals surface area contributed by atoms with E-state index in [-0.39, 0.29) is 11.3 Å². The van der Waals surface area contributed by atoms with Gasteiger partial charge in [0.15, 0.2) is 0 Å². The molecule has 0 bridgehead atoms. The van der Waals surface area contributed by atoms with E-state index in [9.17, 15) is 0 Å². The van der Waals surface area contributed by atoms with Crippen LogP contribution in [0.2, 0.25) is 0 Å². The summed E-state index contributed by atoms with van der Waals surface area (Å²) in [5.41, 5.74) is -0.0754. The van der Waals surface area contributed by atoms with Crippen molar-refractivity contribution in [3.63, 3.8) is 0 Å². The Morgan fingerprint density at radius 1 is 1.50 bits per heavy atom. The fourth-order valence-electron chi connectivity index (χ4n) is 0.619. The molecule has 3 heteroatoms. The van der Waals surface area contributed by atoms with Gasteiger partial charge in [-0.3, -0.25) is 0 Å². The molecule has 0 atom stereocenters. The Hall–Kier alpha value is -0.990. The zero-order valence-corrected chi connectivity index (χ0v) is 6.38. The van der Waals surface area contributed by atoms with Gasteiger partial charge in [0, 0.05) is 11.5 Å². The average molecular weight is 141 g/mol. The molecule has 0 radical (unpaired) electrons. The van der Waals surface area contributed by atoms with Gasteiger partial charge in [0.25, 0.3) is 5.88 Å². The fourth-order valence-corrected chi connectivity index (χ4v) is 0.619. The molecule has 1 heterocycles. The van der Waals surface area contributed by atoms with Crippen LogP contribution in [-0.4, -0.2) is 10.3 Å². The van der Waals surface area contributed by atoms with E-state index in [0.717, 1.165) is 0 Å². The molecule has 0 saturated carbocycles. The van der Waals surface area contributed by atoms with Gasteiger partial charge in [0.2, 0.25) is 0 Å². The highest BCUT2D eigenvalue weighted by atomic mass is 16.5. The van der Waals surface area contributed by atoms with Crippen molar-refractivity contribution in [3.05, 3.63) is 11.8 Å². The van der Waals surface area contributed by atoms with E-state index in [4.69, 9.17) is 9.63 Å². The van der Waals surface area contributed by atoms with Crippen LogP contribution < -0.4 is 0 Å². The minimum atomic E-state index is -0.0754. The molecular weight excluding hydrogens is 130 g/mol. The lowest BCUT2D eigenvalue weighted by Crippen LogP contribution is -2.08. The Balaban J connectivity index is 2.96. The van der Waals surface area contributed by atoms with Crippen LogP contribution in [0.25, 0.3) is 0 Å². The van der Waals surface area contributed by atoms with Crippen LogP contribution in [0.4, 0.5) is 0 Å². The average Bonchev–Trinajstić information content (AvgIpc) is 2.11. The highest BCUT2D eigenvalue weighted by molar-refractivity contribution is 5.15. The zero-order chi connectivity index (χ0) is 7.78. The van der Waals surface area contributed by atoms with Crippen molar-refractivity contribution in [1.82, 2.24) is 5.16 Å². The lowest BCUT2D eigenvalue weighted by molar-refractivity contribution is 0.308. The maximum Gasteiger partial charge on any atom is 0.251 e. The van der Waals surface area contributed by atoms with Crippen molar-refractivity contribution >= 4 is 0 Å². The number of nitrogens with zero attached hydrogens (tertiary/aromatic N) is 1. The quantitative estimate of drug-likeness (QED) is 0.597. The Bertz CT molecular complexity index is 222. The van der Waals surface area contributed by atoms with Gasteiger partial charge in [0.05, 0.1) is 0 Å². The van der Waals surface area contributed by atoms with E-state index in [1.54, 1.807) is 0 Å². The Kier molecular flexibility index (Phi) is 1.43. The third kappa shape index (κ3) is 1.29. The Morgan fingerprint density at radius 2 is 2.10 bits per heavy atom. The van der Waals surface area contributed by atoms with Crippen molar-refractivity contribution in [2.75, 3.05) is 0 Å². The third-order valence-electron chi connectivity index (χ3n) is 1.24. The van der Waals surface area contributed by atoms with Gasteiger partial charge >= 0.3 is 0 Å². The van der Waals surface area contributed by atoms with Crippen LogP contribution in [0.3, 0.4) is 0 Å². The van der Waals surface area contributed by atoms with Gasteiger partial charge < -0.3 is 9.63 Å². The monoisotopic (exact) mass is 141 g/mol. The molecule has 0 aromatic carbocycles. The van der Waals surface area contributed by atoms with E-state index >= 15 is 0 Å². The zero-order valence-electron chi connectivity index (χ0n) is 6.38. The number of aromatic hydroxyl groups is 1. The summed E-state index contributed by atoms with van der Waals surface area (Å²) in [5.74, 6) is 0.648. The summed E-state index contributed by atoms with van der Waals surface area (Å²) >= 11 is 0. The number of hydrogen-bond acceptors (Lipinski definition) is 3. The molecule has 1 N–H and O–H groups in total. The molecule has 0 unspecified atom stereocenters. The van der Waals surface area contributed by atoms with Crippen molar-refractivity contribution in [2.45, 2.75) is 26.2 Å². The minimum Gasteiger partial charge on any atom is -0.491 e. The lowest BCUT2D eigenvalue weighted by Gasteiger charge is -2.11. The van der Waals surface area contributed by atoms with Crippen molar-refractivity contribution in [3.8, 4) is 5.88 Å². The van der Waals surface area contributed by atoms with Crippen LogP contribution in [0.5, 0.6) is 5.88 Å². The number of aromatic nitrogens is 1. The summed E-state index contributed by atoms with van der Waals surface area (Å²) in [7, 11) is 0. The van der Waals surface area contributed by atoms with Crippen LogP contribution in [0, 0.1) is 0 Å². The molecule has 56 valence electrons. The Morgan fingerprint density at radius 3 is 2.30 bits per heavy atom. The second kappa shape index (κ2) is 2.01. The van der Waals surface area contributed by atoms with Crippen molar-refractivity contribution in [1.29, 1.82) is 0 Å². The minimum absolute atomic E-state index is 0.0510. The van der Waals surface area contributed by atoms with E-state index in [1.807, 2.05) is 20.8 Å². The summed E-state index contributed by atoms with van der Waals surface area (Å²) < 4.78 is 4.83. The maximum absolute atomic E-state index is 8.81. The molecule has 1 aromatic rings. The van der Waals surface area contributed by atoms with Crippen molar-refractivity contribution in [2.24, 2.45) is 0 Å². The van der Waals surface area contributed by atoms with Gasteiger partial charge in [-0.15, -0.1) is 0 Å². The van der Waals surface area contributed by atoms with Gasteiger partial charge in [-0.25, -0.2) is 0 Å². The second-order valence-electron chi connectivity index (χ2n) is 3.30. The van der Waals surface area contributed by atoms with E-state index in [2.05, 4.69) is 5.16 Å². The van der Waals surface area contributed by atoms with E-state index < -0.39 is 0 Å². The highest BCUT2D eigenvalue weighted by Gasteiger charge is 2.19. The Labute approximate surface area is 59.7 Å². The molecule has 0 aliphatic rings. The summed E-state index contributed by atoms with van der Waals surface area (Å²) in [6.45, 7) is 5.98. The maximum atomic E-state index is 8.81. The number of hydrogen-bond donors (Lipinski definition) is 1. The van der Waals surface area contributed by atoms with Gasteiger partial charge in [-0.2, -0.15) is 0 Å². The van der Waals surface area contributed by atoms with Crippen LogP contribution in [0.1, 0.15) is 26.5 Å². The summed E-state index contributed by atoms with van der Waals surface area (Å²) in [4.78, 5) is 0. The van der Waals surface area contributed by atoms with Crippen LogP contribution >= 0.6 is 0 Å². The largest absolute Gasteiger partial charge is 0.491 e. The molecule has 0 saturated heterocycles. The van der Waals surface area contributed by atoms with Crippen LogP contribution in [0.15, 0.2) is 10.6 Å². The molecular formula is C7H11NO2. The SMILES string of the molecule is CC(C)(C)c1cc(O)no1. The predicted molar refractivity (Wildman–Crippen MR) is 36.9 cm³/mol. The lowest BCUT2D eigenvalue weighted by atomic mass is 9.94. The second-order valence-corrected chi connectivity index (χ2v) is 3.30. The van der Waals surface area contributed by atoms with E-state index in [0.29, 0.717) is 5.76 Å². The summed E-state index contributed by atoms with van der Waals surface area (Å²) in [6, 6.07) is 1.53. The summed E-state index contributed by atoms with van der Waals surface area (Å²) in [5, 5.41) is 12.2. The molecule has 10 heavy (non-hydrogen) atoms.